The van der Waals surface area contributed by atoms with Gasteiger partial charge in [-0.15, -0.1) is 0 Å². The SMILES string of the molecule is COc1ccccc1CON=CCNC(=O)c1ccc(-c2noc(C(F)(F)F)n2)cc1. The molecular formula is C20H17F3N4O4. The Kier molecular flexibility index (Phi) is 6.85. The first kappa shape index (κ1) is 21.8. The van der Waals surface area contributed by atoms with Gasteiger partial charge in [0.15, 0.2) is 0 Å². The van der Waals surface area contributed by atoms with Gasteiger partial charge < -0.3 is 19.4 Å². The summed E-state index contributed by atoms with van der Waals surface area (Å²) in [5.41, 5.74) is 1.41. The van der Waals surface area contributed by atoms with E-state index in [0.29, 0.717) is 11.3 Å². The number of benzene rings is 2. The molecule has 0 fully saturated rings. The van der Waals surface area contributed by atoms with E-state index in [4.69, 9.17) is 9.57 Å². The number of aromatic nitrogens is 2. The average molecular weight is 434 g/mol. The number of halogens is 3. The van der Waals surface area contributed by atoms with Crippen LogP contribution in [0, 0.1) is 0 Å². The molecule has 0 unspecified atom stereocenters. The maximum atomic E-state index is 12.5. The van der Waals surface area contributed by atoms with Crippen molar-refractivity contribution in [2.24, 2.45) is 5.16 Å². The van der Waals surface area contributed by atoms with Gasteiger partial charge in [0.1, 0.15) is 12.4 Å². The van der Waals surface area contributed by atoms with Gasteiger partial charge in [-0.2, -0.15) is 18.2 Å². The number of carbonyl (C=O) groups excluding carboxylic acids is 1. The zero-order valence-corrected chi connectivity index (χ0v) is 16.2. The van der Waals surface area contributed by atoms with E-state index < -0.39 is 18.0 Å². The van der Waals surface area contributed by atoms with Crippen molar-refractivity contribution in [2.45, 2.75) is 12.8 Å². The number of rotatable bonds is 8. The van der Waals surface area contributed by atoms with Gasteiger partial charge in [0.2, 0.25) is 5.82 Å². The molecule has 3 aromatic rings. The van der Waals surface area contributed by atoms with Crippen molar-refractivity contribution in [3.63, 3.8) is 0 Å². The highest BCUT2D eigenvalue weighted by Crippen LogP contribution is 2.29. The highest BCUT2D eigenvalue weighted by molar-refractivity contribution is 5.95. The number of methoxy groups -OCH3 is 1. The molecule has 0 saturated heterocycles. The van der Waals surface area contributed by atoms with Crippen LogP contribution in [0.2, 0.25) is 0 Å². The molecule has 0 aliphatic heterocycles. The fourth-order valence-corrected chi connectivity index (χ4v) is 2.49. The number of alkyl halides is 3. The molecule has 1 N–H and O–H groups in total. The minimum atomic E-state index is -4.72. The molecule has 1 heterocycles. The molecule has 8 nitrogen and oxygen atoms in total. The smallest absolute Gasteiger partial charge is 0.471 e. The topological polar surface area (TPSA) is 98.8 Å². The van der Waals surface area contributed by atoms with E-state index in [-0.39, 0.29) is 24.5 Å². The number of nitrogens with one attached hydrogen (secondary N) is 1. The lowest BCUT2D eigenvalue weighted by Crippen LogP contribution is -2.25. The number of ether oxygens (including phenoxy) is 1. The molecule has 3 rings (SSSR count). The molecule has 0 atom stereocenters. The van der Waals surface area contributed by atoms with E-state index in [1.54, 1.807) is 7.11 Å². The summed E-state index contributed by atoms with van der Waals surface area (Å²) in [6, 6.07) is 13.1. The molecule has 0 radical (unpaired) electrons. The van der Waals surface area contributed by atoms with Crippen LogP contribution in [-0.2, 0) is 17.6 Å². The molecule has 0 saturated carbocycles. The summed E-state index contributed by atoms with van der Waals surface area (Å²) in [6.07, 6.45) is -3.33. The lowest BCUT2D eigenvalue weighted by molar-refractivity contribution is -0.159. The lowest BCUT2D eigenvalue weighted by atomic mass is 10.1. The molecule has 162 valence electrons. The summed E-state index contributed by atoms with van der Waals surface area (Å²) in [6.45, 7) is 0.328. The normalized spacial score (nSPS) is 11.5. The Labute approximate surface area is 174 Å². The Balaban J connectivity index is 1.47. The lowest BCUT2D eigenvalue weighted by Gasteiger charge is -2.06. The van der Waals surface area contributed by atoms with Crippen LogP contribution in [0.15, 0.2) is 58.2 Å². The Hall–Kier alpha value is -3.89. The molecular weight excluding hydrogens is 417 g/mol. The summed E-state index contributed by atoms with van der Waals surface area (Å²) in [4.78, 5) is 20.6. The molecule has 1 amide bonds. The van der Waals surface area contributed by atoms with Gasteiger partial charge in [-0.05, 0) is 18.2 Å². The molecule has 1 aromatic heterocycles. The van der Waals surface area contributed by atoms with Crippen molar-refractivity contribution in [3.05, 3.63) is 65.5 Å². The van der Waals surface area contributed by atoms with Crippen molar-refractivity contribution in [3.8, 4) is 17.1 Å². The quantitative estimate of drug-likeness (QED) is 0.429. The number of amides is 1. The van der Waals surface area contributed by atoms with Crippen LogP contribution in [-0.4, -0.2) is 35.9 Å². The van der Waals surface area contributed by atoms with E-state index in [9.17, 15) is 18.0 Å². The first-order valence-corrected chi connectivity index (χ1v) is 8.93. The summed E-state index contributed by atoms with van der Waals surface area (Å²) < 4.78 is 47.0. The van der Waals surface area contributed by atoms with Gasteiger partial charge >= 0.3 is 12.1 Å². The van der Waals surface area contributed by atoms with Crippen molar-refractivity contribution >= 4 is 12.1 Å². The maximum Gasteiger partial charge on any atom is 0.471 e. The summed E-state index contributed by atoms with van der Waals surface area (Å²) in [5, 5.41) is 9.67. The first-order chi connectivity index (χ1) is 14.9. The molecule has 0 aliphatic rings. The minimum Gasteiger partial charge on any atom is -0.496 e. The van der Waals surface area contributed by atoms with Crippen LogP contribution in [0.5, 0.6) is 5.75 Å². The monoisotopic (exact) mass is 434 g/mol. The zero-order valence-electron chi connectivity index (χ0n) is 16.2. The molecule has 2 aromatic carbocycles. The third kappa shape index (κ3) is 5.81. The highest BCUT2D eigenvalue weighted by Gasteiger charge is 2.38. The Morgan fingerprint density at radius 2 is 1.94 bits per heavy atom. The van der Waals surface area contributed by atoms with E-state index in [2.05, 4.69) is 25.1 Å². The predicted octanol–water partition coefficient (Wildman–Crippen LogP) is 3.70. The number of para-hydroxylation sites is 1. The number of oxime groups is 1. The second-order valence-electron chi connectivity index (χ2n) is 6.08. The highest BCUT2D eigenvalue weighted by atomic mass is 19.4. The molecule has 0 aliphatic carbocycles. The number of nitrogens with zero attached hydrogens (tertiary/aromatic N) is 3. The Bertz CT molecular complexity index is 1050. The average Bonchev–Trinajstić information content (AvgIpc) is 3.27. The number of carbonyl (C=O) groups is 1. The van der Waals surface area contributed by atoms with Crippen molar-refractivity contribution in [1.82, 2.24) is 15.5 Å². The van der Waals surface area contributed by atoms with Crippen molar-refractivity contribution in [1.29, 1.82) is 0 Å². The number of hydrogen-bond donors (Lipinski definition) is 1. The van der Waals surface area contributed by atoms with Gasteiger partial charge in [0.25, 0.3) is 5.91 Å². The Morgan fingerprint density at radius 3 is 2.61 bits per heavy atom. The van der Waals surface area contributed by atoms with Gasteiger partial charge in [0.05, 0.1) is 19.9 Å². The maximum absolute atomic E-state index is 12.5. The van der Waals surface area contributed by atoms with Crippen LogP contribution in [0.3, 0.4) is 0 Å². The van der Waals surface area contributed by atoms with Crippen LogP contribution >= 0.6 is 0 Å². The van der Waals surface area contributed by atoms with Gasteiger partial charge in [-0.1, -0.05) is 40.6 Å². The van der Waals surface area contributed by atoms with Gasteiger partial charge in [-0.3, -0.25) is 4.79 Å². The largest absolute Gasteiger partial charge is 0.496 e. The second kappa shape index (κ2) is 9.74. The fraction of sp³-hybridized carbons (Fsp3) is 0.200. The predicted molar refractivity (Wildman–Crippen MR) is 103 cm³/mol. The Morgan fingerprint density at radius 1 is 1.19 bits per heavy atom. The van der Waals surface area contributed by atoms with E-state index in [1.165, 1.54) is 30.5 Å². The third-order valence-electron chi connectivity index (χ3n) is 3.99. The van der Waals surface area contributed by atoms with E-state index >= 15 is 0 Å². The van der Waals surface area contributed by atoms with Gasteiger partial charge in [-0.25, -0.2) is 0 Å². The van der Waals surface area contributed by atoms with Crippen LogP contribution in [0.1, 0.15) is 21.8 Å². The van der Waals surface area contributed by atoms with Crippen LogP contribution in [0.4, 0.5) is 13.2 Å². The van der Waals surface area contributed by atoms with Crippen LogP contribution < -0.4 is 10.1 Å². The zero-order chi connectivity index (χ0) is 22.3. The van der Waals surface area contributed by atoms with E-state index in [1.807, 2.05) is 24.3 Å². The molecule has 0 bridgehead atoms. The third-order valence-corrected chi connectivity index (χ3v) is 3.99. The molecule has 0 spiro atoms. The first-order valence-electron chi connectivity index (χ1n) is 8.93. The summed E-state index contributed by atoms with van der Waals surface area (Å²) in [7, 11) is 1.56. The minimum absolute atomic E-state index is 0.117. The van der Waals surface area contributed by atoms with Crippen molar-refractivity contribution in [2.75, 3.05) is 13.7 Å². The van der Waals surface area contributed by atoms with Gasteiger partial charge in [0, 0.05) is 16.7 Å². The molecule has 31 heavy (non-hydrogen) atoms. The summed E-state index contributed by atoms with van der Waals surface area (Å²) >= 11 is 0. The summed E-state index contributed by atoms with van der Waals surface area (Å²) in [5.74, 6) is -1.37. The van der Waals surface area contributed by atoms with Crippen LogP contribution in [0.25, 0.3) is 11.4 Å². The second-order valence-corrected chi connectivity index (χ2v) is 6.08. The fourth-order valence-electron chi connectivity index (χ4n) is 2.49. The standard InChI is InChI=1S/C20H17F3N4O4/c1-29-16-5-3-2-4-15(16)12-30-25-11-10-24-18(28)14-8-6-13(7-9-14)17-26-19(31-27-17)20(21,22)23/h2-9,11H,10,12H2,1H3,(H,24,28). The van der Waals surface area contributed by atoms with Crippen molar-refractivity contribution < 1.29 is 32.1 Å². The van der Waals surface area contributed by atoms with E-state index in [0.717, 1.165) is 5.56 Å². The molecule has 11 heteroatoms. The number of hydrogen-bond acceptors (Lipinski definition) is 7.